The Morgan fingerprint density at radius 1 is 1.04 bits per heavy atom. The predicted octanol–water partition coefficient (Wildman–Crippen LogP) is 3.74. The molecule has 4 nitrogen and oxygen atoms in total. The molecule has 0 unspecified atom stereocenters. The van der Waals surface area contributed by atoms with Gasteiger partial charge in [-0.1, -0.05) is 36.4 Å². The maximum atomic E-state index is 12.5. The molecule has 0 bridgehead atoms. The first-order valence-corrected chi connectivity index (χ1v) is 9.98. The van der Waals surface area contributed by atoms with Gasteiger partial charge in [0.25, 0.3) is 5.91 Å². The van der Waals surface area contributed by atoms with Crippen molar-refractivity contribution in [2.45, 2.75) is 26.3 Å². The van der Waals surface area contributed by atoms with Gasteiger partial charge in [-0.05, 0) is 62.0 Å². The summed E-state index contributed by atoms with van der Waals surface area (Å²) in [6, 6.07) is 16.2. The number of hydrogen-bond acceptors (Lipinski definition) is 3. The Balaban J connectivity index is 1.20. The molecule has 2 aliphatic heterocycles. The monoisotopic (exact) mass is 364 g/mol. The quantitative estimate of drug-likeness (QED) is 0.783. The lowest BCUT2D eigenvalue weighted by Crippen LogP contribution is -2.40. The van der Waals surface area contributed by atoms with Gasteiger partial charge in [0.15, 0.2) is 0 Å². The number of amides is 1. The second-order valence-electron chi connectivity index (χ2n) is 7.74. The summed E-state index contributed by atoms with van der Waals surface area (Å²) in [6.07, 6.45) is 2.31. The zero-order valence-electron chi connectivity index (χ0n) is 16.1. The number of fused-ring (bicyclic) bond motifs is 1. The minimum Gasteiger partial charge on any atom is -0.492 e. The summed E-state index contributed by atoms with van der Waals surface area (Å²) >= 11 is 0. The van der Waals surface area contributed by atoms with E-state index in [0.717, 1.165) is 63.5 Å². The largest absolute Gasteiger partial charge is 0.492 e. The molecule has 0 spiro atoms. The van der Waals surface area contributed by atoms with Gasteiger partial charge in [-0.3, -0.25) is 9.69 Å². The maximum Gasteiger partial charge on any atom is 0.254 e. The maximum absolute atomic E-state index is 12.5. The Labute approximate surface area is 161 Å². The zero-order valence-corrected chi connectivity index (χ0v) is 16.1. The summed E-state index contributed by atoms with van der Waals surface area (Å²) in [5.41, 5.74) is 3.25. The van der Waals surface area contributed by atoms with Crippen LogP contribution in [0.15, 0.2) is 48.5 Å². The van der Waals surface area contributed by atoms with Gasteiger partial charge in [-0.25, -0.2) is 0 Å². The van der Waals surface area contributed by atoms with E-state index in [9.17, 15) is 4.79 Å². The lowest BCUT2D eigenvalue weighted by molar-refractivity contribution is 0.0708. The third-order valence-electron chi connectivity index (χ3n) is 5.84. The Kier molecular flexibility index (Phi) is 5.44. The lowest BCUT2D eigenvalue weighted by Gasteiger charge is -2.33. The highest BCUT2D eigenvalue weighted by Crippen LogP contribution is 2.26. The van der Waals surface area contributed by atoms with Crippen LogP contribution in [0.2, 0.25) is 0 Å². The topological polar surface area (TPSA) is 32.8 Å². The number of likely N-dealkylation sites (tertiary alicyclic amines) is 1. The summed E-state index contributed by atoms with van der Waals surface area (Å²) in [7, 11) is 0. The van der Waals surface area contributed by atoms with Crippen LogP contribution in [0.25, 0.3) is 0 Å². The molecule has 1 saturated heterocycles. The third-order valence-corrected chi connectivity index (χ3v) is 5.84. The van der Waals surface area contributed by atoms with Crippen molar-refractivity contribution in [1.29, 1.82) is 0 Å². The Hall–Kier alpha value is -2.33. The fourth-order valence-electron chi connectivity index (χ4n) is 4.17. The number of nitrogens with zero attached hydrogens (tertiary/aromatic N) is 2. The van der Waals surface area contributed by atoms with E-state index in [2.05, 4.69) is 24.0 Å². The molecule has 2 aromatic carbocycles. The smallest absolute Gasteiger partial charge is 0.254 e. The molecule has 4 heteroatoms. The zero-order chi connectivity index (χ0) is 18.6. The molecule has 0 saturated carbocycles. The van der Waals surface area contributed by atoms with Gasteiger partial charge in [-0.2, -0.15) is 0 Å². The predicted molar refractivity (Wildman–Crippen MR) is 107 cm³/mol. The number of carbonyl (C=O) groups is 1. The normalized spacial score (nSPS) is 18.0. The average Bonchev–Trinajstić information content (AvgIpc) is 3.01. The van der Waals surface area contributed by atoms with E-state index in [-0.39, 0.29) is 5.91 Å². The molecule has 0 radical (unpaired) electrons. The van der Waals surface area contributed by atoms with Crippen LogP contribution in [-0.4, -0.2) is 48.5 Å². The third kappa shape index (κ3) is 4.16. The average molecular weight is 364 g/mol. The summed E-state index contributed by atoms with van der Waals surface area (Å²) in [5, 5.41) is 0. The highest BCUT2D eigenvalue weighted by molar-refractivity contribution is 5.98. The molecule has 4 rings (SSSR count). The number of aryl methyl sites for hydroxylation is 1. The molecule has 2 aromatic rings. The molecule has 0 aliphatic carbocycles. The van der Waals surface area contributed by atoms with Crippen molar-refractivity contribution in [3.8, 4) is 5.75 Å². The van der Waals surface area contributed by atoms with E-state index >= 15 is 0 Å². The van der Waals surface area contributed by atoms with Crippen molar-refractivity contribution < 1.29 is 9.53 Å². The van der Waals surface area contributed by atoms with Gasteiger partial charge in [-0.15, -0.1) is 0 Å². The highest BCUT2D eigenvalue weighted by atomic mass is 16.5. The first-order chi connectivity index (χ1) is 13.2. The van der Waals surface area contributed by atoms with Crippen molar-refractivity contribution in [2.75, 3.05) is 32.8 Å². The number of benzene rings is 2. The fraction of sp³-hybridized carbons (Fsp3) is 0.435. The van der Waals surface area contributed by atoms with Crippen molar-refractivity contribution in [3.05, 3.63) is 65.2 Å². The van der Waals surface area contributed by atoms with Gasteiger partial charge in [0.1, 0.15) is 12.4 Å². The first-order valence-electron chi connectivity index (χ1n) is 9.98. The summed E-state index contributed by atoms with van der Waals surface area (Å²) in [6.45, 7) is 7.64. The summed E-state index contributed by atoms with van der Waals surface area (Å²) in [5.74, 6) is 1.80. The van der Waals surface area contributed by atoms with Crippen LogP contribution < -0.4 is 4.74 Å². The van der Waals surface area contributed by atoms with E-state index in [1.807, 2.05) is 41.3 Å². The number of piperidine rings is 1. The SMILES string of the molecule is Cc1ccccc1OCCN1CCC(CN2Cc3ccccc3C2=O)CC1. The second-order valence-corrected chi connectivity index (χ2v) is 7.74. The van der Waals surface area contributed by atoms with Gasteiger partial charge >= 0.3 is 0 Å². The minimum absolute atomic E-state index is 0.208. The van der Waals surface area contributed by atoms with Gasteiger partial charge < -0.3 is 9.64 Å². The number of carbonyl (C=O) groups excluding carboxylic acids is 1. The van der Waals surface area contributed by atoms with Crippen molar-refractivity contribution in [3.63, 3.8) is 0 Å². The number of hydrogen-bond donors (Lipinski definition) is 0. The standard InChI is InChI=1S/C23H28N2O2/c1-18-6-2-5-9-22(18)27-15-14-24-12-10-19(11-13-24)16-25-17-20-7-3-4-8-21(20)23(25)26/h2-9,19H,10-17H2,1H3. The molecule has 142 valence electrons. The molecule has 1 fully saturated rings. The van der Waals surface area contributed by atoms with Crippen LogP contribution in [0.4, 0.5) is 0 Å². The Bertz CT molecular complexity index is 796. The van der Waals surface area contributed by atoms with Crippen LogP contribution in [0.5, 0.6) is 5.75 Å². The second kappa shape index (κ2) is 8.13. The number of ether oxygens (including phenoxy) is 1. The molecule has 0 atom stereocenters. The molecule has 2 aliphatic rings. The molecule has 2 heterocycles. The van der Waals surface area contributed by atoms with E-state index in [0.29, 0.717) is 5.92 Å². The summed E-state index contributed by atoms with van der Waals surface area (Å²) in [4.78, 5) is 17.1. The van der Waals surface area contributed by atoms with Crippen LogP contribution in [0.1, 0.15) is 34.3 Å². The van der Waals surface area contributed by atoms with E-state index in [1.165, 1.54) is 11.1 Å². The Morgan fingerprint density at radius 3 is 2.56 bits per heavy atom. The van der Waals surface area contributed by atoms with E-state index < -0.39 is 0 Å². The molecule has 0 aromatic heterocycles. The highest BCUT2D eigenvalue weighted by Gasteiger charge is 2.29. The van der Waals surface area contributed by atoms with Crippen molar-refractivity contribution in [2.24, 2.45) is 5.92 Å². The Morgan fingerprint density at radius 2 is 1.78 bits per heavy atom. The molecule has 27 heavy (non-hydrogen) atoms. The van der Waals surface area contributed by atoms with Crippen molar-refractivity contribution in [1.82, 2.24) is 9.80 Å². The van der Waals surface area contributed by atoms with E-state index in [4.69, 9.17) is 4.74 Å². The number of para-hydroxylation sites is 1. The summed E-state index contributed by atoms with van der Waals surface area (Å²) < 4.78 is 5.93. The number of rotatable bonds is 6. The minimum atomic E-state index is 0.208. The molecular formula is C23H28N2O2. The first kappa shape index (κ1) is 18.1. The molecule has 0 N–H and O–H groups in total. The van der Waals surface area contributed by atoms with Gasteiger partial charge in [0, 0.05) is 25.2 Å². The lowest BCUT2D eigenvalue weighted by atomic mass is 9.96. The van der Waals surface area contributed by atoms with Crippen LogP contribution in [-0.2, 0) is 6.54 Å². The molecular weight excluding hydrogens is 336 g/mol. The fourth-order valence-corrected chi connectivity index (χ4v) is 4.17. The van der Waals surface area contributed by atoms with Crippen LogP contribution in [0.3, 0.4) is 0 Å². The van der Waals surface area contributed by atoms with Crippen LogP contribution >= 0.6 is 0 Å². The van der Waals surface area contributed by atoms with Crippen molar-refractivity contribution >= 4 is 5.91 Å². The van der Waals surface area contributed by atoms with Crippen LogP contribution in [0, 0.1) is 12.8 Å². The molecule has 1 amide bonds. The van der Waals surface area contributed by atoms with E-state index in [1.54, 1.807) is 0 Å². The van der Waals surface area contributed by atoms with Gasteiger partial charge in [0.2, 0.25) is 0 Å². The van der Waals surface area contributed by atoms with Gasteiger partial charge in [0.05, 0.1) is 0 Å².